The molecule has 2 heterocycles. The van der Waals surface area contributed by atoms with Gasteiger partial charge < -0.3 is 20.6 Å². The fourth-order valence-electron chi connectivity index (χ4n) is 4.83. The average Bonchev–Trinajstić information content (AvgIpc) is 3.61. The molecule has 0 bridgehead atoms. The summed E-state index contributed by atoms with van der Waals surface area (Å²) in [5.41, 5.74) is 4.26. The Morgan fingerprint density at radius 2 is 1.90 bits per heavy atom. The van der Waals surface area contributed by atoms with E-state index < -0.39 is 6.10 Å². The molecule has 6 nitrogen and oxygen atoms in total. The SMILES string of the molecule is Cc1cccc(C(O)C(=O)N2CCC3=C(C2)C(=O)NC(C2(c4ccccc4)CC2)N3)c1. The molecule has 2 aromatic rings. The molecule has 0 radical (unpaired) electrons. The first-order chi connectivity index (χ1) is 15.0. The zero-order chi connectivity index (χ0) is 21.6. The number of aliphatic hydroxyl groups is 1. The minimum atomic E-state index is -1.22. The first-order valence-electron chi connectivity index (χ1n) is 10.9. The quantitative estimate of drug-likeness (QED) is 0.713. The third-order valence-corrected chi connectivity index (χ3v) is 6.81. The van der Waals surface area contributed by atoms with Gasteiger partial charge in [0.25, 0.3) is 11.8 Å². The van der Waals surface area contributed by atoms with Gasteiger partial charge in [-0.25, -0.2) is 0 Å². The van der Waals surface area contributed by atoms with Gasteiger partial charge in [0, 0.05) is 24.1 Å². The summed E-state index contributed by atoms with van der Waals surface area (Å²) in [6.45, 7) is 2.61. The van der Waals surface area contributed by atoms with E-state index in [1.54, 1.807) is 11.0 Å². The summed E-state index contributed by atoms with van der Waals surface area (Å²) in [7, 11) is 0. The van der Waals surface area contributed by atoms with Crippen LogP contribution < -0.4 is 10.6 Å². The number of hydrogen-bond acceptors (Lipinski definition) is 4. The molecule has 160 valence electrons. The Labute approximate surface area is 182 Å². The lowest BCUT2D eigenvalue weighted by Gasteiger charge is -2.40. The van der Waals surface area contributed by atoms with Crippen molar-refractivity contribution in [3.05, 3.63) is 82.6 Å². The Kier molecular flexibility index (Phi) is 4.82. The van der Waals surface area contributed by atoms with Crippen LogP contribution in [0.3, 0.4) is 0 Å². The zero-order valence-electron chi connectivity index (χ0n) is 17.6. The zero-order valence-corrected chi connectivity index (χ0v) is 17.6. The fraction of sp³-hybridized carbons (Fsp3) is 0.360. The van der Waals surface area contributed by atoms with Crippen LogP contribution in [-0.2, 0) is 15.0 Å². The molecule has 2 amide bonds. The summed E-state index contributed by atoms with van der Waals surface area (Å²) in [5, 5.41) is 17.3. The number of benzene rings is 2. The maximum Gasteiger partial charge on any atom is 0.256 e. The Balaban J connectivity index is 1.32. The molecule has 0 saturated heterocycles. The summed E-state index contributed by atoms with van der Waals surface area (Å²) in [6.07, 6.45) is 1.29. The Morgan fingerprint density at radius 1 is 1.13 bits per heavy atom. The number of rotatable bonds is 4. The van der Waals surface area contributed by atoms with E-state index in [0.717, 1.165) is 24.1 Å². The van der Waals surface area contributed by atoms with Crippen LogP contribution in [0.5, 0.6) is 0 Å². The van der Waals surface area contributed by atoms with Gasteiger partial charge in [-0.1, -0.05) is 60.2 Å². The summed E-state index contributed by atoms with van der Waals surface area (Å²) in [4.78, 5) is 27.5. The predicted octanol–water partition coefficient (Wildman–Crippen LogP) is 2.29. The van der Waals surface area contributed by atoms with E-state index in [2.05, 4.69) is 22.8 Å². The molecular formula is C25H27N3O3. The molecule has 2 aliphatic heterocycles. The van der Waals surface area contributed by atoms with Crippen LogP contribution >= 0.6 is 0 Å². The predicted molar refractivity (Wildman–Crippen MR) is 117 cm³/mol. The number of carbonyl (C=O) groups is 2. The average molecular weight is 418 g/mol. The Bertz CT molecular complexity index is 1060. The van der Waals surface area contributed by atoms with Crippen LogP contribution in [0.1, 0.15) is 42.1 Å². The van der Waals surface area contributed by atoms with Gasteiger partial charge in [-0.3, -0.25) is 9.59 Å². The number of carbonyl (C=O) groups excluding carboxylic acids is 2. The normalized spacial score (nSPS) is 22.8. The van der Waals surface area contributed by atoms with Crippen LogP contribution in [0, 0.1) is 6.92 Å². The summed E-state index contributed by atoms with van der Waals surface area (Å²) in [5.74, 6) is -0.487. The molecule has 3 N–H and O–H groups in total. The number of nitrogens with zero attached hydrogens (tertiary/aromatic N) is 1. The van der Waals surface area contributed by atoms with E-state index in [9.17, 15) is 14.7 Å². The monoisotopic (exact) mass is 417 g/mol. The summed E-state index contributed by atoms with van der Waals surface area (Å²) >= 11 is 0. The highest BCUT2D eigenvalue weighted by atomic mass is 16.3. The first kappa shape index (κ1) is 19.8. The van der Waals surface area contributed by atoms with Crippen molar-refractivity contribution in [2.45, 2.75) is 43.9 Å². The number of hydrogen-bond donors (Lipinski definition) is 3. The van der Waals surface area contributed by atoms with Crippen LogP contribution in [-0.4, -0.2) is 41.1 Å². The van der Waals surface area contributed by atoms with Gasteiger partial charge in [-0.15, -0.1) is 0 Å². The highest BCUT2D eigenvalue weighted by molar-refractivity contribution is 5.97. The molecule has 31 heavy (non-hydrogen) atoms. The standard InChI is InChI=1S/C25H27N3O3/c1-16-6-5-7-17(14-16)21(29)23(31)28-13-10-20-19(15-28)22(30)27-24(26-20)25(11-12-25)18-8-3-2-4-9-18/h2-9,14,21,24,26,29H,10-13,15H2,1H3,(H,27,30). The van der Waals surface area contributed by atoms with Crippen molar-refractivity contribution in [1.29, 1.82) is 0 Å². The molecule has 1 saturated carbocycles. The minimum absolute atomic E-state index is 0.0657. The Morgan fingerprint density at radius 3 is 2.61 bits per heavy atom. The summed E-state index contributed by atoms with van der Waals surface area (Å²) in [6, 6.07) is 17.6. The van der Waals surface area contributed by atoms with Gasteiger partial charge in [0.1, 0.15) is 6.17 Å². The molecule has 0 aromatic heterocycles. The van der Waals surface area contributed by atoms with Crippen molar-refractivity contribution in [3.63, 3.8) is 0 Å². The second kappa shape index (κ2) is 7.54. The maximum atomic E-state index is 13.0. The molecule has 5 rings (SSSR count). The number of amides is 2. The third kappa shape index (κ3) is 3.51. The van der Waals surface area contributed by atoms with E-state index in [1.165, 1.54) is 5.56 Å². The van der Waals surface area contributed by atoms with Crippen molar-refractivity contribution in [2.24, 2.45) is 0 Å². The van der Waals surface area contributed by atoms with Crippen LogP contribution in [0.2, 0.25) is 0 Å². The highest BCUT2D eigenvalue weighted by Crippen LogP contribution is 2.51. The van der Waals surface area contributed by atoms with Crippen molar-refractivity contribution < 1.29 is 14.7 Å². The van der Waals surface area contributed by atoms with Gasteiger partial charge in [0.05, 0.1) is 12.1 Å². The molecular weight excluding hydrogens is 390 g/mol. The number of aliphatic hydroxyl groups excluding tert-OH is 1. The molecule has 2 atom stereocenters. The third-order valence-electron chi connectivity index (χ3n) is 6.81. The van der Waals surface area contributed by atoms with Crippen LogP contribution in [0.15, 0.2) is 65.9 Å². The molecule has 3 aliphatic rings. The topological polar surface area (TPSA) is 81.7 Å². The second-order valence-corrected chi connectivity index (χ2v) is 8.86. The largest absolute Gasteiger partial charge is 0.378 e. The molecule has 1 aliphatic carbocycles. The molecule has 2 aromatic carbocycles. The van der Waals surface area contributed by atoms with Gasteiger partial charge in [-0.05, 0) is 30.9 Å². The van der Waals surface area contributed by atoms with Crippen molar-refractivity contribution in [3.8, 4) is 0 Å². The molecule has 6 heteroatoms. The van der Waals surface area contributed by atoms with Gasteiger partial charge in [0.2, 0.25) is 0 Å². The molecule has 1 fully saturated rings. The minimum Gasteiger partial charge on any atom is -0.378 e. The van der Waals surface area contributed by atoms with E-state index in [4.69, 9.17) is 0 Å². The van der Waals surface area contributed by atoms with Crippen LogP contribution in [0.25, 0.3) is 0 Å². The van der Waals surface area contributed by atoms with Crippen LogP contribution in [0.4, 0.5) is 0 Å². The van der Waals surface area contributed by atoms with Gasteiger partial charge in [0.15, 0.2) is 6.10 Å². The second-order valence-electron chi connectivity index (χ2n) is 8.86. The lowest BCUT2D eigenvalue weighted by molar-refractivity contribution is -0.140. The summed E-state index contributed by atoms with van der Waals surface area (Å²) < 4.78 is 0. The van der Waals surface area contributed by atoms with Crippen molar-refractivity contribution in [2.75, 3.05) is 13.1 Å². The highest BCUT2D eigenvalue weighted by Gasteiger charge is 2.53. The van der Waals surface area contributed by atoms with E-state index in [-0.39, 0.29) is 29.9 Å². The first-order valence-corrected chi connectivity index (χ1v) is 10.9. The smallest absolute Gasteiger partial charge is 0.256 e. The lowest BCUT2D eigenvalue weighted by atomic mass is 9.89. The number of aryl methyl sites for hydroxylation is 1. The lowest BCUT2D eigenvalue weighted by Crippen LogP contribution is -2.59. The van der Waals surface area contributed by atoms with Gasteiger partial charge >= 0.3 is 0 Å². The molecule has 2 unspecified atom stereocenters. The molecule has 0 spiro atoms. The van der Waals surface area contributed by atoms with E-state index in [0.29, 0.717) is 24.1 Å². The van der Waals surface area contributed by atoms with E-state index in [1.807, 2.05) is 43.3 Å². The van der Waals surface area contributed by atoms with E-state index >= 15 is 0 Å². The number of nitrogens with one attached hydrogen (secondary N) is 2. The van der Waals surface area contributed by atoms with Gasteiger partial charge in [-0.2, -0.15) is 0 Å². The van der Waals surface area contributed by atoms with Crippen molar-refractivity contribution >= 4 is 11.8 Å². The van der Waals surface area contributed by atoms with Crippen molar-refractivity contribution in [1.82, 2.24) is 15.5 Å². The maximum absolute atomic E-state index is 13.0. The Hall–Kier alpha value is -3.12. The fourth-order valence-corrected chi connectivity index (χ4v) is 4.83.